The van der Waals surface area contributed by atoms with Crippen LogP contribution in [0.4, 0.5) is 0 Å². The van der Waals surface area contributed by atoms with Gasteiger partial charge in [-0.2, -0.15) is 5.26 Å². The van der Waals surface area contributed by atoms with Crippen LogP contribution in [0.1, 0.15) is 29.5 Å². The summed E-state index contributed by atoms with van der Waals surface area (Å²) in [7, 11) is 0. The Morgan fingerprint density at radius 2 is 2.00 bits per heavy atom. The number of allylic oxidation sites excluding steroid dienone is 1. The summed E-state index contributed by atoms with van der Waals surface area (Å²) in [4.78, 5) is 35.1. The summed E-state index contributed by atoms with van der Waals surface area (Å²) in [5.74, 6) is 5.49. The van der Waals surface area contributed by atoms with Crippen molar-refractivity contribution in [2.75, 3.05) is 0 Å². The summed E-state index contributed by atoms with van der Waals surface area (Å²) >= 11 is 0. The topological polar surface area (TPSA) is 90.3 Å². The van der Waals surface area contributed by atoms with Crippen LogP contribution >= 0.6 is 0 Å². The maximum absolute atomic E-state index is 11.4. The lowest BCUT2D eigenvalue weighted by Gasteiger charge is -2.33. The van der Waals surface area contributed by atoms with Crippen molar-refractivity contribution in [3.63, 3.8) is 0 Å². The number of nitriles is 1. The normalized spacial score (nSPS) is 19.2. The van der Waals surface area contributed by atoms with Crippen molar-refractivity contribution >= 4 is 23.5 Å². The van der Waals surface area contributed by atoms with Gasteiger partial charge in [-0.1, -0.05) is 6.07 Å². The maximum Gasteiger partial charge on any atom is 0.151 e. The lowest BCUT2D eigenvalue weighted by Crippen LogP contribution is -2.41. The first kappa shape index (κ1) is 14.6. The van der Waals surface area contributed by atoms with Crippen molar-refractivity contribution in [1.29, 1.82) is 5.26 Å². The van der Waals surface area contributed by atoms with Gasteiger partial charge in [0.1, 0.15) is 29.0 Å². The van der Waals surface area contributed by atoms with E-state index in [2.05, 4.69) is 11.4 Å². The molecule has 1 atom stereocenters. The van der Waals surface area contributed by atoms with E-state index in [9.17, 15) is 14.4 Å². The average Bonchev–Trinajstić information content (AvgIpc) is 2.98. The van der Waals surface area contributed by atoms with E-state index >= 15 is 0 Å². The van der Waals surface area contributed by atoms with E-state index in [1.807, 2.05) is 11.9 Å². The molecule has 0 aromatic heterocycles. The van der Waals surface area contributed by atoms with Gasteiger partial charge in [-0.3, -0.25) is 0 Å². The van der Waals surface area contributed by atoms with Crippen molar-refractivity contribution in [2.45, 2.75) is 25.4 Å². The molecule has 23 heavy (non-hydrogen) atoms. The SMILES string of the molecule is N#Cc1ccc2c(c1)CN(C1CCC(=C=O)NC1=C=O)C2=C=O. The van der Waals surface area contributed by atoms with Gasteiger partial charge >= 0.3 is 0 Å². The lowest BCUT2D eigenvalue weighted by atomic mass is 10.0. The van der Waals surface area contributed by atoms with Gasteiger partial charge in [-0.25, -0.2) is 14.4 Å². The number of carbonyl (C=O) groups excluding carboxylic acids is 3. The van der Waals surface area contributed by atoms with Gasteiger partial charge in [-0.05, 0) is 24.1 Å². The van der Waals surface area contributed by atoms with Gasteiger partial charge in [-0.15, -0.1) is 0 Å². The molecule has 6 nitrogen and oxygen atoms in total. The highest BCUT2D eigenvalue weighted by molar-refractivity contribution is 5.90. The average molecular weight is 305 g/mol. The van der Waals surface area contributed by atoms with Crippen molar-refractivity contribution in [3.05, 3.63) is 46.3 Å². The fourth-order valence-corrected chi connectivity index (χ4v) is 3.04. The van der Waals surface area contributed by atoms with Crippen LogP contribution in [0.15, 0.2) is 29.6 Å². The number of hydrogen-bond donors (Lipinski definition) is 1. The molecule has 2 aliphatic rings. The van der Waals surface area contributed by atoms with E-state index in [1.54, 1.807) is 29.0 Å². The van der Waals surface area contributed by atoms with E-state index < -0.39 is 0 Å². The Morgan fingerprint density at radius 1 is 1.17 bits per heavy atom. The number of nitrogens with zero attached hydrogens (tertiary/aromatic N) is 2. The molecule has 0 amide bonds. The molecular formula is C17H11N3O3. The molecule has 0 saturated carbocycles. The third kappa shape index (κ3) is 2.38. The van der Waals surface area contributed by atoms with Crippen molar-refractivity contribution < 1.29 is 14.4 Å². The van der Waals surface area contributed by atoms with Crippen LogP contribution < -0.4 is 5.32 Å². The van der Waals surface area contributed by atoms with E-state index in [1.165, 1.54) is 0 Å². The van der Waals surface area contributed by atoms with Gasteiger partial charge in [0.2, 0.25) is 0 Å². The first-order valence-corrected chi connectivity index (χ1v) is 7.03. The highest BCUT2D eigenvalue weighted by Gasteiger charge is 2.35. The quantitative estimate of drug-likeness (QED) is 0.769. The zero-order valence-electron chi connectivity index (χ0n) is 12.0. The van der Waals surface area contributed by atoms with Crippen LogP contribution in [-0.2, 0) is 20.9 Å². The van der Waals surface area contributed by atoms with Gasteiger partial charge in [0, 0.05) is 18.5 Å². The molecule has 6 heteroatoms. The smallest absolute Gasteiger partial charge is 0.151 e. The Kier molecular flexibility index (Phi) is 3.68. The zero-order chi connectivity index (χ0) is 16.4. The number of hydrogen-bond acceptors (Lipinski definition) is 6. The number of benzene rings is 1. The van der Waals surface area contributed by atoms with Crippen LogP contribution in [-0.4, -0.2) is 28.8 Å². The molecule has 2 aliphatic heterocycles. The third-order valence-corrected chi connectivity index (χ3v) is 4.11. The van der Waals surface area contributed by atoms with Crippen molar-refractivity contribution in [2.24, 2.45) is 0 Å². The van der Waals surface area contributed by atoms with Crippen LogP contribution in [0.2, 0.25) is 0 Å². The van der Waals surface area contributed by atoms with Gasteiger partial charge in [0.25, 0.3) is 0 Å². The van der Waals surface area contributed by atoms with Crippen LogP contribution in [0.25, 0.3) is 5.70 Å². The molecule has 1 aromatic rings. The van der Waals surface area contributed by atoms with E-state index in [4.69, 9.17) is 5.26 Å². The molecule has 0 radical (unpaired) electrons. The summed E-state index contributed by atoms with van der Waals surface area (Å²) in [6.07, 6.45) is 0.925. The minimum absolute atomic E-state index is 0.204. The van der Waals surface area contributed by atoms with Crippen LogP contribution in [0, 0.1) is 11.3 Å². The highest BCUT2D eigenvalue weighted by atomic mass is 16.1. The van der Waals surface area contributed by atoms with Gasteiger partial charge < -0.3 is 10.2 Å². The van der Waals surface area contributed by atoms with Gasteiger partial charge in [0.05, 0.1) is 17.7 Å². The third-order valence-electron chi connectivity index (χ3n) is 4.11. The van der Waals surface area contributed by atoms with E-state index in [-0.39, 0.29) is 11.7 Å². The Balaban J connectivity index is 1.99. The summed E-state index contributed by atoms with van der Waals surface area (Å²) in [5, 5.41) is 11.7. The fraction of sp³-hybridized carbons (Fsp3) is 0.235. The van der Waals surface area contributed by atoms with Gasteiger partial charge in [0.15, 0.2) is 5.94 Å². The number of fused-ring (bicyclic) bond motifs is 1. The molecule has 1 saturated heterocycles. The molecule has 0 aliphatic carbocycles. The van der Waals surface area contributed by atoms with E-state index in [0.29, 0.717) is 41.9 Å². The molecule has 1 unspecified atom stereocenters. The first-order valence-electron chi connectivity index (χ1n) is 7.03. The molecule has 0 spiro atoms. The molecule has 1 aromatic carbocycles. The van der Waals surface area contributed by atoms with Crippen molar-refractivity contribution in [3.8, 4) is 6.07 Å². The lowest BCUT2D eigenvalue weighted by molar-refractivity contribution is 0.298. The number of rotatable bonds is 1. The second-order valence-electron chi connectivity index (χ2n) is 5.34. The second kappa shape index (κ2) is 5.81. The summed E-state index contributed by atoms with van der Waals surface area (Å²) in [6.45, 7) is 0.396. The molecular weight excluding hydrogens is 294 g/mol. The summed E-state index contributed by atoms with van der Waals surface area (Å²) in [5.41, 5.74) is 2.92. The summed E-state index contributed by atoms with van der Waals surface area (Å²) in [6, 6.07) is 6.76. The molecule has 2 heterocycles. The maximum atomic E-state index is 11.4. The van der Waals surface area contributed by atoms with Crippen LogP contribution in [0.3, 0.4) is 0 Å². The molecule has 112 valence electrons. The Bertz CT molecular complexity index is 877. The standard InChI is InChI=1S/C17H11N3O3/c18-6-11-1-3-14-12(5-11)7-20(17(14)10-23)16-4-2-13(8-21)19-15(16)9-22/h1,3,5,16,19H,2,4,7H2. The Morgan fingerprint density at radius 3 is 2.65 bits per heavy atom. The molecule has 0 bridgehead atoms. The highest BCUT2D eigenvalue weighted by Crippen LogP contribution is 2.36. The van der Waals surface area contributed by atoms with Crippen molar-refractivity contribution in [1.82, 2.24) is 10.2 Å². The predicted octanol–water partition coefficient (Wildman–Crippen LogP) is 0.729. The molecule has 1 N–H and O–H groups in total. The fourth-order valence-electron chi connectivity index (χ4n) is 3.04. The van der Waals surface area contributed by atoms with Crippen LogP contribution in [0.5, 0.6) is 0 Å². The minimum Gasteiger partial charge on any atom is -0.348 e. The molecule has 3 rings (SSSR count). The predicted molar refractivity (Wildman–Crippen MR) is 80.4 cm³/mol. The number of nitrogens with one attached hydrogen (secondary N) is 1. The minimum atomic E-state index is -0.390. The number of piperidine rings is 1. The first-order chi connectivity index (χ1) is 11.2. The Labute approximate surface area is 132 Å². The largest absolute Gasteiger partial charge is 0.348 e. The Hall–Kier alpha value is -3.34. The molecule has 1 fully saturated rings. The van der Waals surface area contributed by atoms with E-state index in [0.717, 1.165) is 5.56 Å². The second-order valence-corrected chi connectivity index (χ2v) is 5.34. The monoisotopic (exact) mass is 305 g/mol. The zero-order valence-corrected chi connectivity index (χ0v) is 12.0. The summed E-state index contributed by atoms with van der Waals surface area (Å²) < 4.78 is 0.